The van der Waals surface area contributed by atoms with Gasteiger partial charge in [-0.3, -0.25) is 9.59 Å². The molecule has 0 bridgehead atoms. The van der Waals surface area contributed by atoms with E-state index in [0.29, 0.717) is 52.1 Å². The highest BCUT2D eigenvalue weighted by molar-refractivity contribution is 5.71. The molecule has 0 aliphatic carbocycles. The highest BCUT2D eigenvalue weighted by Gasteiger charge is 2.14. The lowest BCUT2D eigenvalue weighted by Crippen LogP contribution is -2.38. The summed E-state index contributed by atoms with van der Waals surface area (Å²) in [5.74, 6) is -0.812. The van der Waals surface area contributed by atoms with Crippen LogP contribution in [0.2, 0.25) is 0 Å². The molecule has 0 heterocycles. The topological polar surface area (TPSA) is 153 Å². The monoisotopic (exact) mass is 462 g/mol. The van der Waals surface area contributed by atoms with E-state index >= 15 is 0 Å². The summed E-state index contributed by atoms with van der Waals surface area (Å²) in [6.45, 7) is 9.72. The van der Waals surface area contributed by atoms with Gasteiger partial charge in [-0.1, -0.05) is 13.8 Å². The summed E-state index contributed by atoms with van der Waals surface area (Å²) in [6.07, 6.45) is -1.29. The quantitative estimate of drug-likeness (QED) is 0.140. The van der Waals surface area contributed by atoms with Crippen molar-refractivity contribution in [3.05, 3.63) is 0 Å². The van der Waals surface area contributed by atoms with Crippen molar-refractivity contribution in [3.8, 4) is 0 Å². The first kappa shape index (κ1) is 29.4. The van der Waals surface area contributed by atoms with Crippen molar-refractivity contribution in [1.82, 2.24) is 21.3 Å². The lowest BCUT2D eigenvalue weighted by molar-refractivity contribution is -0.166. The number of nitrogens with one attached hydrogen (secondary N) is 4. The van der Waals surface area contributed by atoms with Gasteiger partial charge in [-0.25, -0.2) is 9.59 Å². The maximum absolute atomic E-state index is 11.6. The third kappa shape index (κ3) is 18.2. The molecule has 0 aromatic rings. The minimum Gasteiger partial charge on any atom is -0.425 e. The van der Waals surface area contributed by atoms with Gasteiger partial charge in [-0.15, -0.1) is 0 Å². The van der Waals surface area contributed by atoms with Crippen LogP contribution in [0.25, 0.3) is 0 Å². The molecule has 2 atom stereocenters. The summed E-state index contributed by atoms with van der Waals surface area (Å²) in [5.41, 5.74) is 0. The van der Waals surface area contributed by atoms with Crippen LogP contribution in [0.3, 0.4) is 0 Å². The highest BCUT2D eigenvalue weighted by Crippen LogP contribution is 2.00. The van der Waals surface area contributed by atoms with Crippen molar-refractivity contribution in [2.75, 3.05) is 39.3 Å². The molecule has 0 aromatic heterocycles. The Balaban J connectivity index is 3.55. The molecule has 12 nitrogen and oxygen atoms in total. The van der Waals surface area contributed by atoms with E-state index in [9.17, 15) is 19.2 Å². The Morgan fingerprint density at radius 3 is 1.28 bits per heavy atom. The van der Waals surface area contributed by atoms with Crippen molar-refractivity contribution in [2.45, 2.75) is 66.0 Å². The first-order valence-electron chi connectivity index (χ1n) is 11.0. The number of carbonyl (C=O) groups excluding carboxylic acids is 4. The number of hydrogen-bond donors (Lipinski definition) is 4. The fourth-order valence-electron chi connectivity index (χ4n) is 2.26. The molecule has 4 N–H and O–H groups in total. The predicted molar refractivity (Wildman–Crippen MR) is 116 cm³/mol. The van der Waals surface area contributed by atoms with Gasteiger partial charge in [0.05, 0.1) is 0 Å². The first-order chi connectivity index (χ1) is 15.3. The summed E-state index contributed by atoms with van der Waals surface area (Å²) in [5, 5.41) is 11.3. The summed E-state index contributed by atoms with van der Waals surface area (Å²) in [4.78, 5) is 45.7. The molecular weight excluding hydrogens is 424 g/mol. The van der Waals surface area contributed by atoms with Crippen LogP contribution in [0.4, 0.5) is 9.59 Å². The Morgan fingerprint density at radius 1 is 0.594 bits per heavy atom. The van der Waals surface area contributed by atoms with Crippen LogP contribution in [0.15, 0.2) is 0 Å². The first-order valence-corrected chi connectivity index (χ1v) is 11.0. The van der Waals surface area contributed by atoms with E-state index in [4.69, 9.17) is 18.9 Å². The van der Waals surface area contributed by atoms with Crippen LogP contribution in [0, 0.1) is 0 Å². The fourth-order valence-corrected chi connectivity index (χ4v) is 2.26. The van der Waals surface area contributed by atoms with Crippen LogP contribution >= 0.6 is 0 Å². The van der Waals surface area contributed by atoms with E-state index in [1.807, 2.05) is 13.8 Å². The Kier molecular flexibility index (Phi) is 17.6. The standard InChI is InChI=1S/C20H38N4O8/c1-5-7-17(25)29-15(3)31-19(27)23-13-11-21-9-10-22-12-14-24-20(28)32-16(4)30-18(26)8-6-2/h15-16,21-22H,5-14H2,1-4H3,(H,23,27)(H,24,28)/t15-,16-/m1/s1. The zero-order chi connectivity index (χ0) is 24.2. The summed E-state index contributed by atoms with van der Waals surface area (Å²) >= 11 is 0. The fraction of sp³-hybridized carbons (Fsp3) is 0.800. The van der Waals surface area contributed by atoms with Gasteiger partial charge in [-0.05, 0) is 12.8 Å². The van der Waals surface area contributed by atoms with Crippen LogP contribution in [-0.4, -0.2) is 76.0 Å². The second-order valence-electron chi connectivity index (χ2n) is 6.78. The molecule has 0 aliphatic rings. The number of esters is 2. The highest BCUT2D eigenvalue weighted by atomic mass is 16.7. The number of alkyl carbamates (subject to hydrolysis) is 2. The van der Waals surface area contributed by atoms with Gasteiger partial charge in [-0.2, -0.15) is 0 Å². The number of rotatable bonds is 17. The molecule has 12 heteroatoms. The molecule has 0 aliphatic heterocycles. The summed E-state index contributed by atoms with van der Waals surface area (Å²) in [7, 11) is 0. The third-order valence-electron chi connectivity index (χ3n) is 3.67. The summed E-state index contributed by atoms with van der Waals surface area (Å²) in [6, 6.07) is 0. The third-order valence-corrected chi connectivity index (χ3v) is 3.67. The van der Waals surface area contributed by atoms with E-state index in [-0.39, 0.29) is 12.8 Å². The van der Waals surface area contributed by atoms with Crippen molar-refractivity contribution in [1.29, 1.82) is 0 Å². The van der Waals surface area contributed by atoms with Crippen LogP contribution < -0.4 is 21.3 Å². The number of amides is 2. The normalized spacial score (nSPS) is 12.2. The van der Waals surface area contributed by atoms with Crippen molar-refractivity contribution in [2.24, 2.45) is 0 Å². The zero-order valence-electron chi connectivity index (χ0n) is 19.5. The molecular formula is C20H38N4O8. The smallest absolute Gasteiger partial charge is 0.410 e. The van der Waals surface area contributed by atoms with E-state index in [1.165, 1.54) is 13.8 Å². The molecule has 0 saturated heterocycles. The average Bonchev–Trinajstić information content (AvgIpc) is 2.69. The van der Waals surface area contributed by atoms with E-state index in [0.717, 1.165) is 0 Å². The second kappa shape index (κ2) is 19.1. The Hall–Kier alpha value is -2.60. The lowest BCUT2D eigenvalue weighted by Gasteiger charge is -2.15. The van der Waals surface area contributed by atoms with Crippen molar-refractivity contribution < 1.29 is 38.1 Å². The van der Waals surface area contributed by atoms with Crippen molar-refractivity contribution >= 4 is 24.1 Å². The molecule has 0 saturated carbocycles. The summed E-state index contributed by atoms with van der Waals surface area (Å²) < 4.78 is 19.6. The molecule has 186 valence electrons. The molecule has 0 unspecified atom stereocenters. The van der Waals surface area contributed by atoms with Crippen LogP contribution in [-0.2, 0) is 28.5 Å². The minimum atomic E-state index is -0.934. The van der Waals surface area contributed by atoms with Gasteiger partial charge in [0.1, 0.15) is 0 Å². The lowest BCUT2D eigenvalue weighted by atomic mass is 10.3. The van der Waals surface area contributed by atoms with Gasteiger partial charge in [0.15, 0.2) is 0 Å². The van der Waals surface area contributed by atoms with Gasteiger partial charge >= 0.3 is 24.1 Å². The number of carbonyl (C=O) groups is 4. The average molecular weight is 463 g/mol. The van der Waals surface area contributed by atoms with Gasteiger partial charge < -0.3 is 40.2 Å². The zero-order valence-corrected chi connectivity index (χ0v) is 19.5. The predicted octanol–water partition coefficient (Wildman–Crippen LogP) is 0.997. The molecule has 2 amide bonds. The van der Waals surface area contributed by atoms with E-state index in [2.05, 4.69) is 21.3 Å². The van der Waals surface area contributed by atoms with Gasteiger partial charge in [0.25, 0.3) is 0 Å². The Bertz CT molecular complexity index is 514. The molecule has 0 radical (unpaired) electrons. The molecule has 0 rings (SSSR count). The van der Waals surface area contributed by atoms with Gasteiger partial charge in [0.2, 0.25) is 12.6 Å². The molecule has 32 heavy (non-hydrogen) atoms. The van der Waals surface area contributed by atoms with Gasteiger partial charge in [0, 0.05) is 66.0 Å². The SMILES string of the molecule is CCCC(=O)O[C@@H](C)OC(=O)NCCNCCNCCNC(=O)O[C@H](C)OC(=O)CCC. The minimum absolute atomic E-state index is 0.281. The number of hydrogen-bond acceptors (Lipinski definition) is 10. The largest absolute Gasteiger partial charge is 0.425 e. The van der Waals surface area contributed by atoms with E-state index < -0.39 is 36.7 Å². The Labute approximate surface area is 189 Å². The van der Waals surface area contributed by atoms with Crippen molar-refractivity contribution in [3.63, 3.8) is 0 Å². The maximum atomic E-state index is 11.6. The molecule has 0 aromatic carbocycles. The maximum Gasteiger partial charge on any atom is 0.410 e. The van der Waals surface area contributed by atoms with E-state index in [1.54, 1.807) is 0 Å². The second-order valence-corrected chi connectivity index (χ2v) is 6.78. The van der Waals surface area contributed by atoms with Crippen LogP contribution in [0.5, 0.6) is 0 Å². The number of ether oxygens (including phenoxy) is 4. The van der Waals surface area contributed by atoms with Crippen LogP contribution in [0.1, 0.15) is 53.4 Å². The molecule has 0 spiro atoms. The molecule has 0 fully saturated rings. The Morgan fingerprint density at radius 2 is 0.938 bits per heavy atom.